The summed E-state index contributed by atoms with van der Waals surface area (Å²) in [6.45, 7) is 0. The highest BCUT2D eigenvalue weighted by Gasteiger charge is 2.29. The number of rotatable bonds is 3. The van der Waals surface area contributed by atoms with Crippen molar-refractivity contribution >= 4 is 22.9 Å². The van der Waals surface area contributed by atoms with Crippen molar-refractivity contribution in [1.29, 1.82) is 0 Å². The smallest absolute Gasteiger partial charge is 0.136 e. The van der Waals surface area contributed by atoms with Gasteiger partial charge in [-0.3, -0.25) is 10.3 Å². The van der Waals surface area contributed by atoms with Crippen LogP contribution in [0.3, 0.4) is 0 Å². The SMILES string of the molecule is CNC1Nc2ncccc2C(c2ccc[nH]2)=NC1c1cccs1. The Hall–Kier alpha value is -2.44. The van der Waals surface area contributed by atoms with Gasteiger partial charge in [0.1, 0.15) is 18.0 Å². The fraction of sp³-hybridized carbons (Fsp3) is 0.176. The number of aromatic amines is 1. The number of nitrogens with zero attached hydrogens (tertiary/aromatic N) is 2. The Balaban J connectivity index is 1.91. The second-order valence-electron chi connectivity index (χ2n) is 5.33. The molecular formula is C17H17N5S. The van der Waals surface area contributed by atoms with Gasteiger partial charge in [-0.1, -0.05) is 6.07 Å². The highest BCUT2D eigenvalue weighted by Crippen LogP contribution is 2.32. The van der Waals surface area contributed by atoms with Gasteiger partial charge in [-0.15, -0.1) is 11.3 Å². The Bertz CT molecular complexity index is 807. The molecule has 1 aliphatic heterocycles. The van der Waals surface area contributed by atoms with E-state index in [9.17, 15) is 0 Å². The van der Waals surface area contributed by atoms with Gasteiger partial charge < -0.3 is 10.3 Å². The quantitative estimate of drug-likeness (QED) is 0.694. The first-order valence-corrected chi connectivity index (χ1v) is 8.39. The van der Waals surface area contributed by atoms with E-state index < -0.39 is 0 Å². The van der Waals surface area contributed by atoms with E-state index >= 15 is 0 Å². The molecule has 1 aliphatic rings. The van der Waals surface area contributed by atoms with E-state index in [1.54, 1.807) is 17.5 Å². The molecule has 3 aromatic rings. The number of hydrogen-bond donors (Lipinski definition) is 3. The molecule has 2 atom stereocenters. The van der Waals surface area contributed by atoms with Crippen molar-refractivity contribution in [2.75, 3.05) is 12.4 Å². The van der Waals surface area contributed by atoms with Crippen LogP contribution in [0.1, 0.15) is 22.2 Å². The highest BCUT2D eigenvalue weighted by atomic mass is 32.1. The summed E-state index contributed by atoms with van der Waals surface area (Å²) in [5.41, 5.74) is 2.94. The topological polar surface area (TPSA) is 65.1 Å². The lowest BCUT2D eigenvalue weighted by atomic mass is 10.1. The number of fused-ring (bicyclic) bond motifs is 1. The molecule has 6 heteroatoms. The number of H-pyrrole nitrogens is 1. The minimum atomic E-state index is -0.0208. The molecule has 0 amide bonds. The number of hydrogen-bond acceptors (Lipinski definition) is 5. The van der Waals surface area contributed by atoms with Crippen LogP contribution < -0.4 is 10.6 Å². The normalized spacial score (nSPS) is 20.3. The Kier molecular flexibility index (Phi) is 3.69. The molecule has 4 rings (SSSR count). The zero-order valence-electron chi connectivity index (χ0n) is 12.7. The van der Waals surface area contributed by atoms with Crippen LogP contribution in [0.5, 0.6) is 0 Å². The van der Waals surface area contributed by atoms with Gasteiger partial charge in [0, 0.05) is 22.8 Å². The number of likely N-dealkylation sites (N-methyl/N-ethyl adjacent to an activating group) is 1. The first-order chi connectivity index (χ1) is 11.4. The van der Waals surface area contributed by atoms with Crippen LogP contribution in [0.2, 0.25) is 0 Å². The predicted octanol–water partition coefficient (Wildman–Crippen LogP) is 3.02. The maximum absolute atomic E-state index is 5.08. The summed E-state index contributed by atoms with van der Waals surface area (Å²) in [6, 6.07) is 12.2. The van der Waals surface area contributed by atoms with Gasteiger partial charge in [-0.2, -0.15) is 0 Å². The molecule has 0 radical (unpaired) electrons. The third-order valence-corrected chi connectivity index (χ3v) is 4.88. The van der Waals surface area contributed by atoms with Gasteiger partial charge in [0.25, 0.3) is 0 Å². The lowest BCUT2D eigenvalue weighted by molar-refractivity contribution is 0.528. The Morgan fingerprint density at radius 3 is 2.87 bits per heavy atom. The minimum Gasteiger partial charge on any atom is -0.360 e. The molecule has 2 unspecified atom stereocenters. The number of aromatic nitrogens is 2. The van der Waals surface area contributed by atoms with E-state index in [2.05, 4.69) is 44.2 Å². The molecule has 116 valence electrons. The molecule has 4 heterocycles. The van der Waals surface area contributed by atoms with Crippen LogP contribution in [0, 0.1) is 0 Å². The van der Waals surface area contributed by atoms with Gasteiger partial charge in [-0.05, 0) is 42.8 Å². The third-order valence-electron chi connectivity index (χ3n) is 3.94. The molecular weight excluding hydrogens is 306 g/mol. The van der Waals surface area contributed by atoms with Crippen molar-refractivity contribution < 1.29 is 0 Å². The molecule has 0 bridgehead atoms. The Labute approximate surface area is 138 Å². The van der Waals surface area contributed by atoms with Gasteiger partial charge in [0.2, 0.25) is 0 Å². The molecule has 0 spiro atoms. The van der Waals surface area contributed by atoms with Crippen molar-refractivity contribution in [2.24, 2.45) is 4.99 Å². The number of anilines is 1. The van der Waals surface area contributed by atoms with Crippen LogP contribution in [0.15, 0.2) is 59.2 Å². The number of pyridine rings is 1. The summed E-state index contributed by atoms with van der Waals surface area (Å²) < 4.78 is 0. The van der Waals surface area contributed by atoms with E-state index in [4.69, 9.17) is 4.99 Å². The summed E-state index contributed by atoms with van der Waals surface area (Å²) in [5, 5.41) is 8.91. The predicted molar refractivity (Wildman–Crippen MR) is 94.2 cm³/mol. The minimum absolute atomic E-state index is 0.0187. The molecule has 0 saturated carbocycles. The number of nitrogens with one attached hydrogen (secondary N) is 3. The molecule has 0 aliphatic carbocycles. The molecule has 3 aromatic heterocycles. The average Bonchev–Trinajstić information content (AvgIpc) is 3.26. The Morgan fingerprint density at radius 2 is 2.13 bits per heavy atom. The van der Waals surface area contributed by atoms with E-state index in [0.717, 1.165) is 22.8 Å². The van der Waals surface area contributed by atoms with Crippen LogP contribution in [0.25, 0.3) is 0 Å². The zero-order chi connectivity index (χ0) is 15.6. The fourth-order valence-electron chi connectivity index (χ4n) is 2.83. The molecule has 3 N–H and O–H groups in total. The molecule has 23 heavy (non-hydrogen) atoms. The van der Waals surface area contributed by atoms with Crippen molar-refractivity contribution in [1.82, 2.24) is 15.3 Å². The maximum Gasteiger partial charge on any atom is 0.136 e. The summed E-state index contributed by atoms with van der Waals surface area (Å²) >= 11 is 1.72. The van der Waals surface area contributed by atoms with E-state index in [-0.39, 0.29) is 12.2 Å². The summed E-state index contributed by atoms with van der Waals surface area (Å²) in [5.74, 6) is 0.847. The summed E-state index contributed by atoms with van der Waals surface area (Å²) in [6.07, 6.45) is 3.70. The average molecular weight is 323 g/mol. The first-order valence-electron chi connectivity index (χ1n) is 7.51. The lowest BCUT2D eigenvalue weighted by Gasteiger charge is -2.22. The molecule has 0 saturated heterocycles. The Morgan fingerprint density at radius 1 is 1.17 bits per heavy atom. The highest BCUT2D eigenvalue weighted by molar-refractivity contribution is 7.10. The maximum atomic E-state index is 5.08. The molecule has 0 fully saturated rings. The summed E-state index contributed by atoms with van der Waals surface area (Å²) in [4.78, 5) is 14.1. The van der Waals surface area contributed by atoms with Gasteiger partial charge >= 0.3 is 0 Å². The second-order valence-corrected chi connectivity index (χ2v) is 6.31. The molecule has 5 nitrogen and oxygen atoms in total. The fourth-order valence-corrected chi connectivity index (χ4v) is 3.63. The van der Waals surface area contributed by atoms with Crippen molar-refractivity contribution in [2.45, 2.75) is 12.2 Å². The van der Waals surface area contributed by atoms with E-state index in [1.165, 1.54) is 4.88 Å². The standard InChI is InChI=1S/C17H17N5S/c1-18-17-15(13-7-4-10-23-13)21-14(12-6-3-8-19-12)11-5-2-9-20-16(11)22-17/h2-10,15,17-19H,1H3,(H,20,22). The van der Waals surface area contributed by atoms with E-state index in [0.29, 0.717) is 0 Å². The summed E-state index contributed by atoms with van der Waals surface area (Å²) in [7, 11) is 1.94. The molecule has 0 aromatic carbocycles. The monoisotopic (exact) mass is 323 g/mol. The van der Waals surface area contributed by atoms with Gasteiger partial charge in [0.05, 0.1) is 11.4 Å². The lowest BCUT2D eigenvalue weighted by Crippen LogP contribution is -2.38. The number of aliphatic imine (C=N–C) groups is 1. The third kappa shape index (κ3) is 2.56. The van der Waals surface area contributed by atoms with E-state index in [1.807, 2.05) is 31.4 Å². The zero-order valence-corrected chi connectivity index (χ0v) is 13.5. The largest absolute Gasteiger partial charge is 0.360 e. The first kappa shape index (κ1) is 14.2. The van der Waals surface area contributed by atoms with Crippen LogP contribution in [-0.2, 0) is 0 Å². The van der Waals surface area contributed by atoms with Gasteiger partial charge in [-0.25, -0.2) is 4.98 Å². The number of thiophene rings is 1. The van der Waals surface area contributed by atoms with Crippen LogP contribution in [-0.4, -0.2) is 28.9 Å². The van der Waals surface area contributed by atoms with Gasteiger partial charge in [0.15, 0.2) is 0 Å². The van der Waals surface area contributed by atoms with Crippen molar-refractivity contribution in [3.05, 3.63) is 70.3 Å². The van der Waals surface area contributed by atoms with Crippen molar-refractivity contribution in [3.8, 4) is 0 Å². The second kappa shape index (κ2) is 5.98. The van der Waals surface area contributed by atoms with Crippen LogP contribution >= 0.6 is 11.3 Å². The van der Waals surface area contributed by atoms with Crippen molar-refractivity contribution in [3.63, 3.8) is 0 Å². The van der Waals surface area contributed by atoms with Crippen LogP contribution in [0.4, 0.5) is 5.82 Å².